The number of nitrogens with zero attached hydrogens (tertiary/aromatic N) is 2. The predicted molar refractivity (Wildman–Crippen MR) is 58.3 cm³/mol. The number of piperidine rings is 1. The second kappa shape index (κ2) is 5.23. The molecule has 82 valence electrons. The lowest BCUT2D eigenvalue weighted by Crippen LogP contribution is -2.45. The van der Waals surface area contributed by atoms with Crippen LogP contribution in [0, 0.1) is 5.92 Å². The Morgan fingerprint density at radius 2 is 2.29 bits per heavy atom. The molecule has 2 amide bonds. The van der Waals surface area contributed by atoms with Crippen molar-refractivity contribution < 1.29 is 4.79 Å². The number of hydrogen-bond donors (Lipinski definition) is 0. The van der Waals surface area contributed by atoms with Crippen molar-refractivity contribution in [3.8, 4) is 0 Å². The average molecular weight is 198 g/mol. The molecule has 3 heteroatoms. The molecule has 1 fully saturated rings. The summed E-state index contributed by atoms with van der Waals surface area (Å²) in [5.41, 5.74) is 0. The van der Waals surface area contributed by atoms with Crippen molar-refractivity contribution in [2.75, 3.05) is 26.7 Å². The monoisotopic (exact) mass is 198 g/mol. The molecule has 1 rings (SSSR count). The van der Waals surface area contributed by atoms with Gasteiger partial charge >= 0.3 is 6.03 Å². The minimum absolute atomic E-state index is 0.207. The number of likely N-dealkylation sites (tertiary alicyclic amines) is 1. The van der Waals surface area contributed by atoms with Crippen LogP contribution in [0.2, 0.25) is 0 Å². The molecule has 0 aromatic rings. The molecule has 0 radical (unpaired) electrons. The molecule has 1 aliphatic heterocycles. The van der Waals surface area contributed by atoms with Crippen LogP contribution in [0.15, 0.2) is 0 Å². The number of carbonyl (C=O) groups is 1. The van der Waals surface area contributed by atoms with Crippen molar-refractivity contribution in [1.82, 2.24) is 9.80 Å². The molecular weight excluding hydrogens is 176 g/mol. The summed E-state index contributed by atoms with van der Waals surface area (Å²) < 4.78 is 0. The maximum absolute atomic E-state index is 11.9. The van der Waals surface area contributed by atoms with Crippen LogP contribution in [-0.2, 0) is 0 Å². The molecule has 0 aliphatic carbocycles. The van der Waals surface area contributed by atoms with Gasteiger partial charge in [-0.15, -0.1) is 0 Å². The molecule has 1 atom stereocenters. The molecule has 1 unspecified atom stereocenters. The lowest BCUT2D eigenvalue weighted by atomic mass is 10.0. The van der Waals surface area contributed by atoms with Crippen LogP contribution in [-0.4, -0.2) is 42.5 Å². The van der Waals surface area contributed by atoms with Crippen molar-refractivity contribution in [3.63, 3.8) is 0 Å². The largest absolute Gasteiger partial charge is 0.328 e. The van der Waals surface area contributed by atoms with Crippen molar-refractivity contribution in [1.29, 1.82) is 0 Å². The van der Waals surface area contributed by atoms with Crippen molar-refractivity contribution >= 4 is 6.03 Å². The molecule has 1 aliphatic rings. The van der Waals surface area contributed by atoms with Gasteiger partial charge in [-0.3, -0.25) is 0 Å². The van der Waals surface area contributed by atoms with Crippen LogP contribution >= 0.6 is 0 Å². The average Bonchev–Trinajstić information content (AvgIpc) is 2.17. The molecule has 0 spiro atoms. The SMILES string of the molecule is CCCN(C)C(=O)N1CCCC(C)C1. The van der Waals surface area contributed by atoms with Crippen LogP contribution in [0.1, 0.15) is 33.1 Å². The number of carbonyl (C=O) groups excluding carboxylic acids is 1. The second-order valence-corrected chi connectivity index (χ2v) is 4.40. The number of hydrogen-bond acceptors (Lipinski definition) is 1. The Balaban J connectivity index is 2.42. The van der Waals surface area contributed by atoms with Gasteiger partial charge < -0.3 is 9.80 Å². The summed E-state index contributed by atoms with van der Waals surface area (Å²) in [6.07, 6.45) is 3.46. The summed E-state index contributed by atoms with van der Waals surface area (Å²) in [6, 6.07) is 0.207. The molecule has 0 N–H and O–H groups in total. The standard InChI is InChI=1S/C11H22N2O/c1-4-7-12(3)11(14)13-8-5-6-10(2)9-13/h10H,4-9H2,1-3H3. The summed E-state index contributed by atoms with van der Waals surface area (Å²) in [4.78, 5) is 15.7. The van der Waals surface area contributed by atoms with Gasteiger partial charge in [0, 0.05) is 26.7 Å². The highest BCUT2D eigenvalue weighted by Crippen LogP contribution is 2.16. The minimum Gasteiger partial charge on any atom is -0.328 e. The Morgan fingerprint density at radius 1 is 1.57 bits per heavy atom. The summed E-state index contributed by atoms with van der Waals surface area (Å²) in [6.45, 7) is 7.07. The topological polar surface area (TPSA) is 23.6 Å². The first-order valence-electron chi connectivity index (χ1n) is 5.65. The van der Waals surface area contributed by atoms with Crippen LogP contribution < -0.4 is 0 Å². The minimum atomic E-state index is 0.207. The molecule has 1 saturated heterocycles. The van der Waals surface area contributed by atoms with E-state index in [0.717, 1.165) is 32.5 Å². The van der Waals surface area contributed by atoms with E-state index in [9.17, 15) is 4.79 Å². The smallest absolute Gasteiger partial charge is 0.319 e. The van der Waals surface area contributed by atoms with Gasteiger partial charge in [0.15, 0.2) is 0 Å². The Morgan fingerprint density at radius 3 is 2.86 bits per heavy atom. The number of amides is 2. The lowest BCUT2D eigenvalue weighted by molar-refractivity contribution is 0.139. The number of rotatable bonds is 2. The normalized spacial score (nSPS) is 22.2. The van der Waals surface area contributed by atoms with E-state index in [1.54, 1.807) is 0 Å². The van der Waals surface area contributed by atoms with E-state index < -0.39 is 0 Å². The van der Waals surface area contributed by atoms with E-state index >= 15 is 0 Å². The Labute approximate surface area is 87.1 Å². The lowest BCUT2D eigenvalue weighted by Gasteiger charge is -2.33. The molecule has 0 bridgehead atoms. The highest BCUT2D eigenvalue weighted by atomic mass is 16.2. The molecule has 3 nitrogen and oxygen atoms in total. The van der Waals surface area contributed by atoms with Gasteiger partial charge in [0.05, 0.1) is 0 Å². The van der Waals surface area contributed by atoms with Crippen LogP contribution in [0.3, 0.4) is 0 Å². The van der Waals surface area contributed by atoms with Gasteiger partial charge in [-0.2, -0.15) is 0 Å². The van der Waals surface area contributed by atoms with Gasteiger partial charge in [-0.25, -0.2) is 4.79 Å². The van der Waals surface area contributed by atoms with E-state index in [1.807, 2.05) is 16.8 Å². The second-order valence-electron chi connectivity index (χ2n) is 4.40. The van der Waals surface area contributed by atoms with Crippen molar-refractivity contribution in [3.05, 3.63) is 0 Å². The quantitative estimate of drug-likeness (QED) is 0.667. The molecule has 0 saturated carbocycles. The zero-order chi connectivity index (χ0) is 10.6. The van der Waals surface area contributed by atoms with Gasteiger partial charge in [-0.05, 0) is 25.2 Å². The zero-order valence-corrected chi connectivity index (χ0v) is 9.62. The van der Waals surface area contributed by atoms with Gasteiger partial charge in [0.2, 0.25) is 0 Å². The van der Waals surface area contributed by atoms with E-state index in [4.69, 9.17) is 0 Å². The van der Waals surface area contributed by atoms with Gasteiger partial charge in [-0.1, -0.05) is 13.8 Å². The molecule has 0 aromatic carbocycles. The van der Waals surface area contributed by atoms with Crippen LogP contribution in [0.4, 0.5) is 4.79 Å². The fourth-order valence-electron chi connectivity index (χ4n) is 2.04. The Hall–Kier alpha value is -0.730. The van der Waals surface area contributed by atoms with Crippen LogP contribution in [0.25, 0.3) is 0 Å². The molecule has 1 heterocycles. The zero-order valence-electron chi connectivity index (χ0n) is 9.62. The van der Waals surface area contributed by atoms with E-state index in [1.165, 1.54) is 6.42 Å². The third kappa shape index (κ3) is 2.89. The first-order valence-corrected chi connectivity index (χ1v) is 5.65. The summed E-state index contributed by atoms with van der Waals surface area (Å²) >= 11 is 0. The third-order valence-electron chi connectivity index (χ3n) is 2.81. The van der Waals surface area contributed by atoms with Crippen molar-refractivity contribution in [2.45, 2.75) is 33.1 Å². The highest BCUT2D eigenvalue weighted by molar-refractivity contribution is 5.74. The summed E-state index contributed by atoms with van der Waals surface area (Å²) in [7, 11) is 1.89. The maximum Gasteiger partial charge on any atom is 0.319 e. The van der Waals surface area contributed by atoms with Gasteiger partial charge in [0.1, 0.15) is 0 Å². The summed E-state index contributed by atoms with van der Waals surface area (Å²) in [5.74, 6) is 0.669. The molecule has 0 aromatic heterocycles. The molecular formula is C11H22N2O. The fourth-order valence-corrected chi connectivity index (χ4v) is 2.04. The van der Waals surface area contributed by atoms with Crippen molar-refractivity contribution in [2.24, 2.45) is 5.92 Å². The predicted octanol–water partition coefficient (Wildman–Crippen LogP) is 2.18. The van der Waals surface area contributed by atoms with Crippen LogP contribution in [0.5, 0.6) is 0 Å². The maximum atomic E-state index is 11.9. The summed E-state index contributed by atoms with van der Waals surface area (Å²) in [5, 5.41) is 0. The van der Waals surface area contributed by atoms with E-state index in [-0.39, 0.29) is 6.03 Å². The Bertz CT molecular complexity index is 194. The first kappa shape index (κ1) is 11.3. The van der Waals surface area contributed by atoms with E-state index in [2.05, 4.69) is 13.8 Å². The Kier molecular flexibility index (Phi) is 4.23. The highest BCUT2D eigenvalue weighted by Gasteiger charge is 2.22. The van der Waals surface area contributed by atoms with Gasteiger partial charge in [0.25, 0.3) is 0 Å². The third-order valence-corrected chi connectivity index (χ3v) is 2.81. The fraction of sp³-hybridized carbons (Fsp3) is 0.909. The van der Waals surface area contributed by atoms with E-state index in [0.29, 0.717) is 5.92 Å². The number of urea groups is 1. The molecule has 14 heavy (non-hydrogen) atoms. The first-order chi connectivity index (χ1) is 6.65.